The molecule has 67 heavy (non-hydrogen) atoms. The summed E-state index contributed by atoms with van der Waals surface area (Å²) in [6.45, 7) is 0. The van der Waals surface area contributed by atoms with Crippen LogP contribution in [0.4, 0.5) is 45.0 Å². The Morgan fingerprint density at radius 1 is 0.567 bits per heavy atom. The molecule has 6 amide bonds. The fraction of sp³-hybridized carbons (Fsp3) is 0.0455. The number of hydrogen-bond acceptors (Lipinski definition) is 8. The van der Waals surface area contributed by atoms with E-state index in [1.807, 2.05) is 66.7 Å². The largest absolute Gasteiger partial charge is 0.504 e. The molecule has 17 nitrogen and oxygen atoms in total. The number of hydrogen-bond donors (Lipinski definition) is 10. The molecule has 0 saturated heterocycles. The topological polar surface area (TPSA) is 281 Å². The summed E-state index contributed by atoms with van der Waals surface area (Å²) in [5.74, 6) is 0.800. The number of halogens is 6. The Kier molecular flexibility index (Phi) is 13.6. The predicted octanol–water partition coefficient (Wildman–Crippen LogP) is 10.9. The average Bonchev–Trinajstić information content (AvgIpc) is 4.01. The van der Waals surface area contributed by atoms with Crippen molar-refractivity contribution in [2.24, 2.45) is 17.2 Å². The molecule has 0 saturated carbocycles. The van der Waals surface area contributed by atoms with Crippen LogP contribution < -0.4 is 37.9 Å². The molecule has 13 N–H and O–H groups in total. The average molecular weight is 974 g/mol. The molecule has 9 aromatic rings. The summed E-state index contributed by atoms with van der Waals surface area (Å²) in [5, 5.41) is 38.1. The Hall–Kier alpha value is -8.20. The minimum absolute atomic E-state index is 0.0596. The normalized spacial score (nSPS) is 11.0. The van der Waals surface area contributed by atoms with Crippen LogP contribution >= 0.6 is 34.8 Å². The highest BCUT2D eigenvalue weighted by atomic mass is 35.5. The van der Waals surface area contributed by atoms with Crippen LogP contribution in [0.15, 0.2) is 109 Å². The van der Waals surface area contributed by atoms with Gasteiger partial charge in [0.05, 0.1) is 27.7 Å². The second-order valence-corrected chi connectivity index (χ2v) is 15.2. The number of nitrogens with one attached hydrogen (secondary N) is 6. The van der Waals surface area contributed by atoms with Crippen LogP contribution in [-0.4, -0.2) is 60.9 Å². The van der Waals surface area contributed by atoms with E-state index in [-0.39, 0.29) is 38.9 Å². The van der Waals surface area contributed by atoms with Crippen molar-refractivity contribution in [3.8, 4) is 44.9 Å². The molecule has 0 aliphatic carbocycles. The van der Waals surface area contributed by atoms with E-state index in [9.17, 15) is 32.7 Å². The number of anilines is 3. The zero-order chi connectivity index (χ0) is 48.2. The number of primary amides is 3. The number of aromatic hydroxyl groups is 1. The van der Waals surface area contributed by atoms with Crippen molar-refractivity contribution in [1.82, 2.24) is 30.6 Å². The van der Waals surface area contributed by atoms with Crippen LogP contribution in [0.5, 0.6) is 11.5 Å². The van der Waals surface area contributed by atoms with Crippen molar-refractivity contribution < 1.29 is 37.4 Å². The number of aromatic nitrogens is 6. The van der Waals surface area contributed by atoms with E-state index in [1.54, 1.807) is 36.4 Å². The number of carbonyl (C=O) groups excluding carboxylic acids is 3. The molecule has 6 aromatic carbocycles. The monoisotopic (exact) mass is 972 g/mol. The van der Waals surface area contributed by atoms with E-state index < -0.39 is 34.9 Å². The van der Waals surface area contributed by atoms with E-state index >= 15 is 0 Å². The minimum atomic E-state index is -4.71. The van der Waals surface area contributed by atoms with Gasteiger partial charge in [-0.3, -0.25) is 31.2 Å². The molecule has 0 aliphatic heterocycles. The number of H-pyrrole nitrogens is 3. The first-order chi connectivity index (χ1) is 32.0. The number of fused-ring (bicyclic) bond motifs is 3. The number of ether oxygens (including phenoxy) is 1. The van der Waals surface area contributed by atoms with Crippen LogP contribution in [-0.2, 0) is 6.18 Å². The van der Waals surface area contributed by atoms with Crippen molar-refractivity contribution >= 4 is 103 Å². The molecule has 0 fully saturated rings. The number of amides is 6. The lowest BCUT2D eigenvalue weighted by atomic mass is 9.99. The number of carbonyl (C=O) groups is 3. The molecular formula is C44H34Cl3F3N12O5. The molecule has 9 rings (SSSR count). The standard InChI is InChI=1S/C15H10ClF3N4O.C15H13ClN4O2.C14H11ClN4O2/c16-11-8(7-4-2-1-3-5-7)6-9-12(10(11)15(17,18)19)22-23-13(9)21-14(20)24;1-22-13-11(16)9(8-5-3-2-4-6-8)7-10-12(13)19-20-14(10)18-15(17)21;15-10-8(7-4-2-1-3-5-7)6-9-11(12(10)20)18-19-13(9)17-14(16)21/h1-6H,(H4,20,21,22,23,24);2-7H,1H3,(H4,17,18,19,20,21);1-6,20H,(H4,16,17,18,19,21). The smallest absolute Gasteiger partial charge is 0.419 e. The molecular weight excluding hydrogens is 940 g/mol. The molecule has 342 valence electrons. The summed E-state index contributed by atoms with van der Waals surface area (Å²) in [4.78, 5) is 33.1. The van der Waals surface area contributed by atoms with Crippen molar-refractivity contribution in [2.45, 2.75) is 6.18 Å². The maximum Gasteiger partial charge on any atom is 0.419 e. The summed E-state index contributed by atoms with van der Waals surface area (Å²) < 4.78 is 45.9. The number of phenolic OH excluding ortho intramolecular Hbond substituents is 1. The molecule has 0 aliphatic rings. The van der Waals surface area contributed by atoms with Gasteiger partial charge in [-0.05, 0) is 34.9 Å². The number of alkyl halides is 3. The summed E-state index contributed by atoms with van der Waals surface area (Å²) in [6.07, 6.45) is -4.71. The molecule has 0 unspecified atom stereocenters. The van der Waals surface area contributed by atoms with E-state index in [1.165, 1.54) is 13.2 Å². The summed E-state index contributed by atoms with van der Waals surface area (Å²) in [6, 6.07) is 30.0. The maximum absolute atomic E-state index is 13.5. The third-order valence-corrected chi connectivity index (χ3v) is 10.9. The number of nitrogens with zero attached hydrogens (tertiary/aromatic N) is 3. The fourth-order valence-electron chi connectivity index (χ4n) is 6.93. The zero-order valence-corrected chi connectivity index (χ0v) is 36.6. The highest BCUT2D eigenvalue weighted by Gasteiger charge is 2.38. The van der Waals surface area contributed by atoms with Crippen LogP contribution in [0.2, 0.25) is 15.1 Å². The molecule has 3 aromatic heterocycles. The lowest BCUT2D eigenvalue weighted by Crippen LogP contribution is -2.19. The first-order valence-electron chi connectivity index (χ1n) is 19.3. The SMILES string of the molecule is COc1c(Cl)c(-c2ccccc2)cc2c(NC(N)=O)n[nH]c12.NC(=O)Nc1n[nH]c2c(C(F)(F)F)c(Cl)c(-c3ccccc3)cc12.NC(=O)Nc1n[nH]c2c(O)c(Cl)c(-c3ccccc3)cc12. The second kappa shape index (κ2) is 19.5. The third kappa shape index (κ3) is 9.90. The van der Waals surface area contributed by atoms with E-state index in [4.69, 9.17) is 56.7 Å². The summed E-state index contributed by atoms with van der Waals surface area (Å²) in [7, 11) is 1.53. The van der Waals surface area contributed by atoms with Crippen molar-refractivity contribution in [1.29, 1.82) is 0 Å². The molecule has 0 atom stereocenters. The van der Waals surface area contributed by atoms with Gasteiger partial charge in [0.15, 0.2) is 29.0 Å². The van der Waals surface area contributed by atoms with Crippen molar-refractivity contribution in [3.63, 3.8) is 0 Å². The third-order valence-electron chi connectivity index (χ3n) is 9.79. The van der Waals surface area contributed by atoms with Gasteiger partial charge in [0.2, 0.25) is 0 Å². The van der Waals surface area contributed by atoms with E-state index in [0.29, 0.717) is 49.5 Å². The summed E-state index contributed by atoms with van der Waals surface area (Å²) in [5.41, 5.74) is 18.7. The Morgan fingerprint density at radius 2 is 0.910 bits per heavy atom. The van der Waals surface area contributed by atoms with Gasteiger partial charge in [-0.15, -0.1) is 0 Å². The number of urea groups is 3. The molecule has 0 bridgehead atoms. The van der Waals surface area contributed by atoms with Gasteiger partial charge >= 0.3 is 24.3 Å². The van der Waals surface area contributed by atoms with Gasteiger partial charge in [-0.25, -0.2) is 14.4 Å². The Balaban J connectivity index is 0.000000149. The second-order valence-electron chi connectivity index (χ2n) is 14.0. The highest BCUT2D eigenvalue weighted by Crippen LogP contribution is 2.46. The number of benzene rings is 6. The molecule has 23 heteroatoms. The zero-order valence-electron chi connectivity index (χ0n) is 34.3. The van der Waals surface area contributed by atoms with Crippen molar-refractivity contribution in [3.05, 3.63) is 130 Å². The van der Waals surface area contributed by atoms with Crippen LogP contribution in [0.25, 0.3) is 66.1 Å². The minimum Gasteiger partial charge on any atom is -0.504 e. The van der Waals surface area contributed by atoms with Crippen LogP contribution in [0.1, 0.15) is 5.56 Å². The van der Waals surface area contributed by atoms with Gasteiger partial charge in [-0.1, -0.05) is 126 Å². The molecule has 3 heterocycles. The molecule has 0 spiro atoms. The lowest BCUT2D eigenvalue weighted by molar-refractivity contribution is -0.136. The van der Waals surface area contributed by atoms with Gasteiger partial charge in [0, 0.05) is 32.8 Å². The van der Waals surface area contributed by atoms with Gasteiger partial charge in [0.1, 0.15) is 16.6 Å². The Labute approximate surface area is 390 Å². The van der Waals surface area contributed by atoms with Gasteiger partial charge in [-0.2, -0.15) is 28.5 Å². The Bertz CT molecular complexity index is 3300. The highest BCUT2D eigenvalue weighted by molar-refractivity contribution is 6.37. The molecule has 0 radical (unpaired) electrons. The van der Waals surface area contributed by atoms with Crippen LogP contribution in [0.3, 0.4) is 0 Å². The number of nitrogens with two attached hydrogens (primary N) is 3. The van der Waals surface area contributed by atoms with Gasteiger partial charge < -0.3 is 27.0 Å². The van der Waals surface area contributed by atoms with Crippen LogP contribution in [0, 0.1) is 0 Å². The lowest BCUT2D eigenvalue weighted by Gasteiger charge is -2.14. The number of aromatic amines is 3. The van der Waals surface area contributed by atoms with E-state index in [0.717, 1.165) is 16.7 Å². The fourth-order valence-corrected chi connectivity index (χ4v) is 7.89. The quantitative estimate of drug-likeness (QED) is 0.0731. The number of phenols is 1. The Morgan fingerprint density at radius 3 is 1.30 bits per heavy atom. The number of rotatable bonds is 7. The van der Waals surface area contributed by atoms with Gasteiger partial charge in [0.25, 0.3) is 0 Å². The first-order valence-corrected chi connectivity index (χ1v) is 20.4. The predicted molar refractivity (Wildman–Crippen MR) is 252 cm³/mol. The summed E-state index contributed by atoms with van der Waals surface area (Å²) >= 11 is 18.7. The maximum atomic E-state index is 13.5. The first kappa shape index (κ1) is 46.8. The number of methoxy groups -OCH3 is 1. The van der Waals surface area contributed by atoms with Crippen molar-refractivity contribution in [2.75, 3.05) is 23.1 Å². The van der Waals surface area contributed by atoms with E-state index in [2.05, 4.69) is 46.5 Å².